The molecule has 1 aromatic carbocycles. The van der Waals surface area contributed by atoms with Crippen molar-refractivity contribution in [2.45, 2.75) is 30.8 Å². The highest BCUT2D eigenvalue weighted by Gasteiger charge is 2.21. The first-order valence-electron chi connectivity index (χ1n) is 9.16. The summed E-state index contributed by atoms with van der Waals surface area (Å²) in [5, 5.41) is 22.1. The molecule has 4 aromatic rings. The molecule has 0 amide bonds. The van der Waals surface area contributed by atoms with Gasteiger partial charge < -0.3 is 13.8 Å². The van der Waals surface area contributed by atoms with E-state index in [1.807, 2.05) is 30.5 Å². The van der Waals surface area contributed by atoms with Gasteiger partial charge in [-0.15, -0.1) is 20.4 Å². The summed E-state index contributed by atoms with van der Waals surface area (Å²) in [5.41, 5.74) is 1.39. The van der Waals surface area contributed by atoms with Crippen molar-refractivity contribution in [3.63, 3.8) is 0 Å². The number of methoxy groups -OCH3 is 1. The summed E-state index contributed by atoms with van der Waals surface area (Å²) in [6.45, 7) is 4.67. The second-order valence-corrected chi connectivity index (χ2v) is 7.98. The highest BCUT2D eigenvalue weighted by molar-refractivity contribution is 7.99. The van der Waals surface area contributed by atoms with Gasteiger partial charge in [0.05, 0.1) is 12.4 Å². The van der Waals surface area contributed by atoms with Gasteiger partial charge in [-0.05, 0) is 38.1 Å². The molecule has 0 bridgehead atoms. The summed E-state index contributed by atoms with van der Waals surface area (Å²) in [4.78, 5) is 4.51. The maximum absolute atomic E-state index is 6.05. The Bertz CT molecular complexity index is 1150. The normalized spacial score (nSPS) is 12.1. The lowest BCUT2D eigenvalue weighted by Gasteiger charge is -2.09. The lowest BCUT2D eigenvalue weighted by molar-refractivity contribution is 0.392. The number of hydrogen-bond donors (Lipinski definition) is 0. The van der Waals surface area contributed by atoms with Crippen LogP contribution in [0, 0.1) is 0 Å². The summed E-state index contributed by atoms with van der Waals surface area (Å²) in [6.07, 6.45) is 0. The number of benzene rings is 1. The van der Waals surface area contributed by atoms with Crippen LogP contribution in [0.5, 0.6) is 5.88 Å². The van der Waals surface area contributed by atoms with Crippen molar-refractivity contribution >= 4 is 23.4 Å². The molecule has 0 aliphatic carbocycles. The van der Waals surface area contributed by atoms with Crippen LogP contribution in [0.4, 0.5) is 0 Å². The number of hydrogen-bond acceptors (Lipinski definition) is 9. The van der Waals surface area contributed by atoms with Gasteiger partial charge in [-0.1, -0.05) is 34.6 Å². The molecule has 30 heavy (non-hydrogen) atoms. The Labute approximate surface area is 181 Å². The maximum Gasteiger partial charge on any atom is 0.258 e. The molecule has 0 aliphatic heterocycles. The first kappa shape index (κ1) is 20.3. The van der Waals surface area contributed by atoms with E-state index < -0.39 is 0 Å². The molecule has 11 heteroatoms. The third-order valence-corrected chi connectivity index (χ3v) is 5.58. The van der Waals surface area contributed by atoms with Gasteiger partial charge in [0.2, 0.25) is 5.88 Å². The van der Waals surface area contributed by atoms with E-state index in [0.717, 1.165) is 10.7 Å². The molecular formula is C19H18ClN7O2S. The number of nitrogens with zero attached hydrogens (tertiary/aromatic N) is 7. The third-order valence-electron chi connectivity index (χ3n) is 4.27. The zero-order valence-electron chi connectivity index (χ0n) is 16.5. The van der Waals surface area contributed by atoms with Crippen LogP contribution < -0.4 is 4.74 Å². The summed E-state index contributed by atoms with van der Waals surface area (Å²) in [6, 6.07) is 10.8. The monoisotopic (exact) mass is 443 g/mol. The van der Waals surface area contributed by atoms with Gasteiger partial charge >= 0.3 is 0 Å². The van der Waals surface area contributed by atoms with Crippen molar-refractivity contribution in [1.29, 1.82) is 0 Å². The fourth-order valence-electron chi connectivity index (χ4n) is 2.75. The summed E-state index contributed by atoms with van der Waals surface area (Å²) >= 11 is 7.53. The topological polar surface area (TPSA) is 105 Å². The predicted molar refractivity (Wildman–Crippen MR) is 112 cm³/mol. The van der Waals surface area contributed by atoms with Crippen molar-refractivity contribution in [3.8, 4) is 28.9 Å². The molecule has 1 unspecified atom stereocenters. The number of aromatic nitrogens is 7. The van der Waals surface area contributed by atoms with Crippen LogP contribution in [0.15, 0.2) is 46.1 Å². The van der Waals surface area contributed by atoms with E-state index in [-0.39, 0.29) is 5.25 Å². The molecule has 154 valence electrons. The van der Waals surface area contributed by atoms with Gasteiger partial charge in [-0.25, -0.2) is 0 Å². The lowest BCUT2D eigenvalue weighted by Crippen LogP contribution is -2.03. The maximum atomic E-state index is 6.05. The van der Waals surface area contributed by atoms with Crippen LogP contribution >= 0.6 is 23.4 Å². The zero-order valence-corrected chi connectivity index (χ0v) is 18.1. The molecule has 0 fully saturated rings. The quantitative estimate of drug-likeness (QED) is 0.386. The van der Waals surface area contributed by atoms with Gasteiger partial charge in [0.25, 0.3) is 5.89 Å². The van der Waals surface area contributed by atoms with Gasteiger partial charge in [0.1, 0.15) is 5.69 Å². The van der Waals surface area contributed by atoms with Gasteiger partial charge in [0.15, 0.2) is 16.8 Å². The smallest absolute Gasteiger partial charge is 0.258 e. The van der Waals surface area contributed by atoms with E-state index in [0.29, 0.717) is 40.7 Å². The van der Waals surface area contributed by atoms with E-state index in [9.17, 15) is 0 Å². The first-order chi connectivity index (χ1) is 14.6. The molecule has 9 nitrogen and oxygen atoms in total. The van der Waals surface area contributed by atoms with Crippen molar-refractivity contribution in [2.75, 3.05) is 7.11 Å². The molecule has 4 rings (SSSR count). The minimum Gasteiger partial charge on any atom is -0.480 e. The standard InChI is InChI=1S/C19H18ClN7O2S/c1-4-27-17(14-8-9-15(28-3)23-22-14)24-25-19(27)30-11(2)16-21-18(29-26-16)12-6-5-7-13(20)10-12/h5-11H,4H2,1-3H3. The van der Waals surface area contributed by atoms with Crippen molar-refractivity contribution in [3.05, 3.63) is 47.2 Å². The van der Waals surface area contributed by atoms with E-state index in [4.69, 9.17) is 20.9 Å². The fourth-order valence-corrected chi connectivity index (χ4v) is 3.89. The summed E-state index contributed by atoms with van der Waals surface area (Å²) < 4.78 is 12.4. The second-order valence-electron chi connectivity index (χ2n) is 6.24. The Morgan fingerprint density at radius 3 is 2.73 bits per heavy atom. The highest BCUT2D eigenvalue weighted by Crippen LogP contribution is 2.35. The lowest BCUT2D eigenvalue weighted by atomic mass is 10.2. The van der Waals surface area contributed by atoms with E-state index in [1.54, 1.807) is 31.4 Å². The van der Waals surface area contributed by atoms with Crippen LogP contribution in [0.1, 0.15) is 24.9 Å². The Balaban J connectivity index is 1.55. The summed E-state index contributed by atoms with van der Waals surface area (Å²) in [7, 11) is 1.55. The van der Waals surface area contributed by atoms with Crippen LogP contribution in [0.25, 0.3) is 23.0 Å². The van der Waals surface area contributed by atoms with Gasteiger partial charge in [0, 0.05) is 23.2 Å². The van der Waals surface area contributed by atoms with Crippen molar-refractivity contribution in [2.24, 2.45) is 0 Å². The number of halogens is 1. The number of thioether (sulfide) groups is 1. The van der Waals surface area contributed by atoms with Crippen molar-refractivity contribution in [1.82, 2.24) is 35.1 Å². The SMILES string of the molecule is CCn1c(SC(C)c2noc(-c3cccc(Cl)c3)n2)nnc1-c1ccc(OC)nn1. The number of rotatable bonds is 7. The molecule has 0 spiro atoms. The van der Waals surface area contributed by atoms with E-state index in [2.05, 4.69) is 30.5 Å². The Morgan fingerprint density at radius 1 is 1.17 bits per heavy atom. The molecule has 1 atom stereocenters. The average Bonchev–Trinajstić information content (AvgIpc) is 3.41. The van der Waals surface area contributed by atoms with Gasteiger partial charge in [-0.2, -0.15) is 4.98 Å². The van der Waals surface area contributed by atoms with Crippen LogP contribution in [0.2, 0.25) is 5.02 Å². The molecule has 0 radical (unpaired) electrons. The van der Waals surface area contributed by atoms with E-state index in [1.165, 1.54) is 11.8 Å². The molecule has 3 heterocycles. The van der Waals surface area contributed by atoms with Crippen LogP contribution in [0.3, 0.4) is 0 Å². The third kappa shape index (κ3) is 4.14. The van der Waals surface area contributed by atoms with E-state index >= 15 is 0 Å². The molecular weight excluding hydrogens is 426 g/mol. The van der Waals surface area contributed by atoms with Crippen LogP contribution in [-0.2, 0) is 6.54 Å². The molecule has 0 saturated carbocycles. The van der Waals surface area contributed by atoms with Crippen LogP contribution in [-0.4, -0.2) is 42.2 Å². The second kappa shape index (κ2) is 8.80. The number of ether oxygens (including phenoxy) is 1. The fraction of sp³-hybridized carbons (Fsp3) is 0.263. The Morgan fingerprint density at radius 2 is 2.03 bits per heavy atom. The Hall–Kier alpha value is -2.98. The molecule has 3 aromatic heterocycles. The predicted octanol–water partition coefficient (Wildman–Crippen LogP) is 4.32. The van der Waals surface area contributed by atoms with Crippen molar-refractivity contribution < 1.29 is 9.26 Å². The molecule has 0 N–H and O–H groups in total. The minimum atomic E-state index is -0.106. The largest absolute Gasteiger partial charge is 0.480 e. The summed E-state index contributed by atoms with van der Waals surface area (Å²) in [5.74, 6) is 2.06. The zero-order chi connectivity index (χ0) is 21.1. The average molecular weight is 444 g/mol. The molecule has 0 saturated heterocycles. The highest BCUT2D eigenvalue weighted by atomic mass is 35.5. The Kier molecular flexibility index (Phi) is 5.96. The first-order valence-corrected chi connectivity index (χ1v) is 10.4. The van der Waals surface area contributed by atoms with Gasteiger partial charge in [-0.3, -0.25) is 0 Å². The molecule has 0 aliphatic rings. The minimum absolute atomic E-state index is 0.106.